The summed E-state index contributed by atoms with van der Waals surface area (Å²) in [6.45, 7) is 9.76. The van der Waals surface area contributed by atoms with E-state index < -0.39 is 59.0 Å². The van der Waals surface area contributed by atoms with Gasteiger partial charge in [0.2, 0.25) is 23.5 Å². The molecular weight excluding hydrogens is 626 g/mol. The van der Waals surface area contributed by atoms with Gasteiger partial charge in [0.1, 0.15) is 23.8 Å². The van der Waals surface area contributed by atoms with Crippen molar-refractivity contribution in [2.24, 2.45) is 34.5 Å². The fourth-order valence-electron chi connectivity index (χ4n) is 9.29. The summed E-state index contributed by atoms with van der Waals surface area (Å²) in [4.78, 5) is 91.9. The largest absolute Gasteiger partial charge is 0.347 e. The van der Waals surface area contributed by atoms with Gasteiger partial charge < -0.3 is 26.2 Å². The molecule has 5 amide bonds. The molecule has 5 fully saturated rings. The highest BCUT2D eigenvalue weighted by Crippen LogP contribution is 2.74. The molecule has 9 atom stereocenters. The van der Waals surface area contributed by atoms with Crippen LogP contribution in [-0.2, 0) is 24.0 Å². The number of nitrogens with one attached hydrogen (secondary N) is 4. The highest BCUT2D eigenvalue weighted by Gasteiger charge is 2.73. The van der Waals surface area contributed by atoms with Crippen LogP contribution >= 0.6 is 0 Å². The second-order valence-corrected chi connectivity index (χ2v) is 16.3. The van der Waals surface area contributed by atoms with Crippen LogP contribution in [0.25, 0.3) is 0 Å². The smallest absolute Gasteiger partial charge is 0.289 e. The summed E-state index contributed by atoms with van der Waals surface area (Å²) in [6.07, 6.45) is 11.5. The van der Waals surface area contributed by atoms with E-state index in [2.05, 4.69) is 31.2 Å². The SMILES string of the molecule is CC[C@H](C)NC(=O)C(=O)[C@@H]1C[C@]23CC2C[C@H]2CN(C(=O)[C@@H](NC(=O)[C@@H](NC(=O)c4cnccn4)C4CCCCC4)C(C)(C)C)[C@H](C(=O)N1)[C@H]23. The maximum atomic E-state index is 14.6. The third-order valence-corrected chi connectivity index (χ3v) is 12.0. The Morgan fingerprint density at radius 1 is 1.04 bits per heavy atom. The van der Waals surface area contributed by atoms with E-state index in [4.69, 9.17) is 0 Å². The summed E-state index contributed by atoms with van der Waals surface area (Å²) in [5, 5.41) is 11.5. The second kappa shape index (κ2) is 13.4. The van der Waals surface area contributed by atoms with Gasteiger partial charge in [-0.05, 0) is 80.0 Å². The topological polar surface area (TPSA) is 180 Å². The molecule has 4 N–H and O–H groups in total. The Balaban J connectivity index is 1.23. The summed E-state index contributed by atoms with van der Waals surface area (Å²) in [6, 6.07) is -3.78. The van der Waals surface area contributed by atoms with Crippen molar-refractivity contribution < 1.29 is 28.8 Å². The number of carbonyl (C=O) groups excluding carboxylic acids is 6. The van der Waals surface area contributed by atoms with Gasteiger partial charge in [-0.1, -0.05) is 47.0 Å². The fourth-order valence-corrected chi connectivity index (χ4v) is 9.29. The average molecular weight is 678 g/mol. The molecule has 3 saturated carbocycles. The third kappa shape index (κ3) is 6.69. The Bertz CT molecular complexity index is 1490. The van der Waals surface area contributed by atoms with Gasteiger partial charge in [-0.15, -0.1) is 0 Å². The molecule has 13 nitrogen and oxygen atoms in total. The molecule has 266 valence electrons. The van der Waals surface area contributed by atoms with Gasteiger partial charge >= 0.3 is 0 Å². The molecule has 5 aliphatic rings. The summed E-state index contributed by atoms with van der Waals surface area (Å²) in [5.74, 6) is -2.85. The van der Waals surface area contributed by atoms with Gasteiger partial charge in [0.05, 0.1) is 12.2 Å². The van der Waals surface area contributed by atoms with E-state index in [-0.39, 0.29) is 40.8 Å². The third-order valence-electron chi connectivity index (χ3n) is 12.0. The lowest BCUT2D eigenvalue weighted by Gasteiger charge is -2.38. The molecule has 0 bridgehead atoms. The Labute approximate surface area is 287 Å². The monoisotopic (exact) mass is 677 g/mol. The quantitative estimate of drug-likeness (QED) is 0.271. The Kier molecular flexibility index (Phi) is 9.58. The van der Waals surface area contributed by atoms with Crippen molar-refractivity contribution in [3.63, 3.8) is 0 Å². The first-order valence-electron chi connectivity index (χ1n) is 18.1. The molecular formula is C36H51N7O6. The van der Waals surface area contributed by atoms with Gasteiger partial charge in [0.25, 0.3) is 11.8 Å². The van der Waals surface area contributed by atoms with Gasteiger partial charge in [-0.3, -0.25) is 33.8 Å². The van der Waals surface area contributed by atoms with Crippen LogP contribution in [0.5, 0.6) is 0 Å². The van der Waals surface area contributed by atoms with Crippen LogP contribution < -0.4 is 21.3 Å². The molecule has 1 spiro atoms. The number of likely N-dealkylation sites (tertiary alicyclic amines) is 1. The molecule has 3 aliphatic carbocycles. The molecule has 13 heteroatoms. The number of amides is 5. The first kappa shape index (κ1) is 34.9. The van der Waals surface area contributed by atoms with E-state index in [1.165, 1.54) is 18.6 Å². The van der Waals surface area contributed by atoms with Crippen molar-refractivity contribution in [2.75, 3.05) is 6.54 Å². The predicted octanol–water partition coefficient (Wildman–Crippen LogP) is 1.91. The van der Waals surface area contributed by atoms with Gasteiger partial charge in [-0.25, -0.2) is 4.98 Å². The van der Waals surface area contributed by atoms with Crippen molar-refractivity contribution in [2.45, 2.75) is 123 Å². The summed E-state index contributed by atoms with van der Waals surface area (Å²) in [7, 11) is 0. The van der Waals surface area contributed by atoms with Crippen LogP contribution in [-0.4, -0.2) is 86.9 Å². The van der Waals surface area contributed by atoms with Gasteiger partial charge in [0, 0.05) is 25.0 Å². The molecule has 3 heterocycles. The highest BCUT2D eigenvalue weighted by molar-refractivity contribution is 6.38. The molecule has 6 rings (SSSR count). The average Bonchev–Trinajstić information content (AvgIpc) is 3.52. The van der Waals surface area contributed by atoms with E-state index >= 15 is 0 Å². The summed E-state index contributed by atoms with van der Waals surface area (Å²) in [5.41, 5.74) is -0.911. The van der Waals surface area contributed by atoms with Crippen LogP contribution in [0.1, 0.15) is 103 Å². The number of aromatic nitrogens is 2. The van der Waals surface area contributed by atoms with E-state index in [9.17, 15) is 28.8 Å². The minimum absolute atomic E-state index is 0.0961. The lowest BCUT2D eigenvalue weighted by Crippen LogP contribution is -2.62. The lowest BCUT2D eigenvalue weighted by molar-refractivity contribution is -0.145. The molecule has 0 radical (unpaired) electrons. The van der Waals surface area contributed by atoms with E-state index in [0.29, 0.717) is 25.3 Å². The van der Waals surface area contributed by atoms with Crippen LogP contribution in [0.2, 0.25) is 0 Å². The first-order chi connectivity index (χ1) is 23.2. The number of nitrogens with zero attached hydrogens (tertiary/aromatic N) is 3. The number of hydrogen-bond acceptors (Lipinski definition) is 8. The minimum atomic E-state index is -0.987. The fraction of sp³-hybridized carbons (Fsp3) is 0.722. The number of hydrogen-bond donors (Lipinski definition) is 4. The lowest BCUT2D eigenvalue weighted by atomic mass is 9.78. The summed E-state index contributed by atoms with van der Waals surface area (Å²) < 4.78 is 0. The van der Waals surface area contributed by atoms with Crippen LogP contribution in [0.4, 0.5) is 0 Å². The van der Waals surface area contributed by atoms with E-state index in [0.717, 1.165) is 44.9 Å². The number of ketones is 1. The molecule has 2 saturated heterocycles. The highest BCUT2D eigenvalue weighted by atomic mass is 16.2. The number of carbonyl (C=O) groups is 6. The van der Waals surface area contributed by atoms with Gasteiger partial charge in [-0.2, -0.15) is 0 Å². The van der Waals surface area contributed by atoms with Crippen molar-refractivity contribution in [1.29, 1.82) is 0 Å². The maximum absolute atomic E-state index is 14.6. The molecule has 1 aromatic heterocycles. The zero-order chi connectivity index (χ0) is 35.2. The zero-order valence-electron chi connectivity index (χ0n) is 29.3. The first-order valence-corrected chi connectivity index (χ1v) is 18.1. The number of Topliss-reactive ketones (excluding diaryl/α,β-unsaturated/α-hetero) is 1. The second-order valence-electron chi connectivity index (χ2n) is 16.3. The molecule has 1 unspecified atom stereocenters. The van der Waals surface area contributed by atoms with E-state index in [1.54, 1.807) is 4.90 Å². The van der Waals surface area contributed by atoms with Crippen molar-refractivity contribution in [3.05, 3.63) is 24.3 Å². The molecule has 1 aromatic rings. The number of rotatable bonds is 10. The predicted molar refractivity (Wildman–Crippen MR) is 178 cm³/mol. The maximum Gasteiger partial charge on any atom is 0.289 e. The Morgan fingerprint density at radius 2 is 1.78 bits per heavy atom. The molecule has 2 aliphatic heterocycles. The standard InChI is InChI=1S/C36H51N7O6/c1-6-19(2)39-33(48)28(44)23-16-36-15-22(36)14-21-18-43(27(25(21)36)32(47)40-23)34(49)29(35(3,4)5)42-31(46)26(20-10-8-7-9-11-20)41-30(45)24-17-37-12-13-38-24/h12-13,17,19-23,25-27,29H,6-11,14-16,18H2,1-5H3,(H,39,48)(H,40,47)(H,41,45)(H,42,46)/t19-,21-,22?,23-,25-,26-,27-,29+,36+/m0/s1. The summed E-state index contributed by atoms with van der Waals surface area (Å²) >= 11 is 0. The van der Waals surface area contributed by atoms with E-state index in [1.807, 2.05) is 34.6 Å². The van der Waals surface area contributed by atoms with Crippen molar-refractivity contribution in [3.8, 4) is 0 Å². The van der Waals surface area contributed by atoms with Crippen molar-refractivity contribution in [1.82, 2.24) is 36.1 Å². The zero-order valence-corrected chi connectivity index (χ0v) is 29.3. The van der Waals surface area contributed by atoms with Crippen molar-refractivity contribution >= 4 is 35.3 Å². The molecule has 49 heavy (non-hydrogen) atoms. The van der Waals surface area contributed by atoms with Crippen LogP contribution in [0.3, 0.4) is 0 Å². The van der Waals surface area contributed by atoms with Crippen LogP contribution in [0, 0.1) is 34.5 Å². The van der Waals surface area contributed by atoms with Crippen LogP contribution in [0.15, 0.2) is 18.6 Å². The minimum Gasteiger partial charge on any atom is -0.347 e. The van der Waals surface area contributed by atoms with Gasteiger partial charge in [0.15, 0.2) is 0 Å². The normalized spacial score (nSPS) is 30.8. The molecule has 0 aromatic carbocycles. The Morgan fingerprint density at radius 3 is 2.43 bits per heavy atom. The Hall–Kier alpha value is -3.90.